The molecule has 0 unspecified atom stereocenters. The third kappa shape index (κ3) is 3.30. The number of hydrogen-bond acceptors (Lipinski definition) is 6. The van der Waals surface area contributed by atoms with Crippen LogP contribution in [0.25, 0.3) is 10.6 Å². The van der Waals surface area contributed by atoms with Crippen LogP contribution in [-0.4, -0.2) is 55.2 Å². The normalized spacial score (nSPS) is 24.4. The van der Waals surface area contributed by atoms with Gasteiger partial charge < -0.3 is 19.7 Å². The molecule has 5 rings (SSSR count). The highest BCUT2D eigenvalue weighted by atomic mass is 32.1. The van der Waals surface area contributed by atoms with Crippen LogP contribution in [0.4, 0.5) is 0 Å². The maximum Gasteiger partial charge on any atom is 0.273 e. The number of ether oxygens (including phenoxy) is 2. The molecule has 3 aliphatic rings. The quantitative estimate of drug-likeness (QED) is 0.861. The number of amides is 1. The Bertz CT molecular complexity index is 839. The lowest BCUT2D eigenvalue weighted by atomic mass is 9.92. The van der Waals surface area contributed by atoms with E-state index in [2.05, 4.69) is 10.3 Å². The van der Waals surface area contributed by atoms with Gasteiger partial charge in [0.15, 0.2) is 11.5 Å². The van der Waals surface area contributed by atoms with Gasteiger partial charge in [-0.15, -0.1) is 11.3 Å². The number of carbonyl (C=O) groups excluding carboxylic acids is 1. The second-order valence-electron chi connectivity index (χ2n) is 7.44. The largest absolute Gasteiger partial charge is 0.486 e. The van der Waals surface area contributed by atoms with Gasteiger partial charge in [-0.1, -0.05) is 0 Å². The summed E-state index contributed by atoms with van der Waals surface area (Å²) in [4.78, 5) is 19.6. The third-order valence-electron chi connectivity index (χ3n) is 5.82. The molecule has 0 bridgehead atoms. The number of aromatic nitrogens is 1. The van der Waals surface area contributed by atoms with E-state index in [1.54, 1.807) is 0 Å². The van der Waals surface area contributed by atoms with E-state index in [4.69, 9.17) is 9.47 Å². The molecule has 1 aromatic heterocycles. The van der Waals surface area contributed by atoms with Crippen LogP contribution in [-0.2, 0) is 0 Å². The van der Waals surface area contributed by atoms with E-state index < -0.39 is 0 Å². The number of likely N-dealkylation sites (tertiary alicyclic amines) is 1. The van der Waals surface area contributed by atoms with Crippen LogP contribution >= 0.6 is 11.3 Å². The Morgan fingerprint density at radius 3 is 2.63 bits per heavy atom. The van der Waals surface area contributed by atoms with Crippen LogP contribution in [0.3, 0.4) is 0 Å². The molecule has 2 fully saturated rings. The Hall–Kier alpha value is -2.12. The van der Waals surface area contributed by atoms with Gasteiger partial charge in [-0.25, -0.2) is 4.98 Å². The molecular weight excluding hydrogens is 362 g/mol. The van der Waals surface area contributed by atoms with Crippen molar-refractivity contribution in [2.75, 3.05) is 39.4 Å². The predicted octanol–water partition coefficient (Wildman–Crippen LogP) is 2.65. The zero-order valence-electron chi connectivity index (χ0n) is 15.1. The minimum atomic E-state index is 0.0583. The average molecular weight is 385 g/mol. The fourth-order valence-electron chi connectivity index (χ4n) is 4.26. The number of rotatable bonds is 2. The summed E-state index contributed by atoms with van der Waals surface area (Å²) in [5.74, 6) is 3.00. The molecule has 2 saturated heterocycles. The molecular formula is C20H23N3O3S. The summed E-state index contributed by atoms with van der Waals surface area (Å²) in [6, 6.07) is 5.83. The number of nitrogens with one attached hydrogen (secondary N) is 1. The molecule has 0 spiro atoms. The maximum atomic E-state index is 13.0. The zero-order valence-corrected chi connectivity index (χ0v) is 16.0. The lowest BCUT2D eigenvalue weighted by Gasteiger charge is -2.19. The molecule has 6 nitrogen and oxygen atoms in total. The molecule has 2 atom stereocenters. The van der Waals surface area contributed by atoms with Crippen molar-refractivity contribution in [2.24, 2.45) is 11.8 Å². The Balaban J connectivity index is 1.32. The summed E-state index contributed by atoms with van der Waals surface area (Å²) in [5, 5.41) is 6.19. The Labute approximate surface area is 162 Å². The van der Waals surface area contributed by atoms with Crippen molar-refractivity contribution in [2.45, 2.75) is 12.8 Å². The number of thiazole rings is 1. The van der Waals surface area contributed by atoms with Crippen molar-refractivity contribution in [3.8, 4) is 22.1 Å². The van der Waals surface area contributed by atoms with Crippen molar-refractivity contribution in [3.63, 3.8) is 0 Å². The van der Waals surface area contributed by atoms with Gasteiger partial charge in [-0.05, 0) is 56.0 Å². The van der Waals surface area contributed by atoms with E-state index in [9.17, 15) is 4.79 Å². The van der Waals surface area contributed by atoms with Gasteiger partial charge >= 0.3 is 0 Å². The van der Waals surface area contributed by atoms with Crippen molar-refractivity contribution >= 4 is 17.2 Å². The maximum absolute atomic E-state index is 13.0. The van der Waals surface area contributed by atoms with E-state index in [-0.39, 0.29) is 5.91 Å². The first-order chi connectivity index (χ1) is 13.3. The summed E-state index contributed by atoms with van der Waals surface area (Å²) in [6.45, 7) is 4.99. The molecule has 142 valence electrons. The molecule has 4 heterocycles. The lowest BCUT2D eigenvalue weighted by Crippen LogP contribution is -2.33. The van der Waals surface area contributed by atoms with Gasteiger partial charge in [0.1, 0.15) is 23.9 Å². The lowest BCUT2D eigenvalue weighted by molar-refractivity contribution is 0.0753. The highest BCUT2D eigenvalue weighted by molar-refractivity contribution is 7.13. The van der Waals surface area contributed by atoms with Crippen LogP contribution in [0.1, 0.15) is 23.3 Å². The van der Waals surface area contributed by atoms with Crippen LogP contribution in [0.5, 0.6) is 11.5 Å². The third-order valence-corrected chi connectivity index (χ3v) is 6.71. The zero-order chi connectivity index (χ0) is 18.2. The second kappa shape index (κ2) is 7.13. The number of carbonyl (C=O) groups is 1. The fourth-order valence-corrected chi connectivity index (χ4v) is 5.06. The van der Waals surface area contributed by atoms with Crippen molar-refractivity contribution in [1.29, 1.82) is 0 Å². The highest BCUT2D eigenvalue weighted by Crippen LogP contribution is 2.35. The molecule has 0 aliphatic carbocycles. The molecule has 0 radical (unpaired) electrons. The Kier molecular flexibility index (Phi) is 4.49. The van der Waals surface area contributed by atoms with Crippen molar-refractivity contribution in [3.05, 3.63) is 29.3 Å². The molecule has 1 amide bonds. The number of fused-ring (bicyclic) bond motifs is 2. The van der Waals surface area contributed by atoms with E-state index >= 15 is 0 Å². The van der Waals surface area contributed by atoms with Gasteiger partial charge in [0.25, 0.3) is 5.91 Å². The first-order valence-corrected chi connectivity index (χ1v) is 10.5. The van der Waals surface area contributed by atoms with Gasteiger partial charge in [0.05, 0.1) is 0 Å². The summed E-state index contributed by atoms with van der Waals surface area (Å²) < 4.78 is 11.2. The average Bonchev–Trinajstić information content (AvgIpc) is 3.33. The fraction of sp³-hybridized carbons (Fsp3) is 0.500. The van der Waals surface area contributed by atoms with E-state index in [1.807, 2.05) is 28.5 Å². The number of hydrogen-bond donors (Lipinski definition) is 1. The first kappa shape index (κ1) is 17.0. The Morgan fingerprint density at radius 1 is 1.11 bits per heavy atom. The van der Waals surface area contributed by atoms with Crippen molar-refractivity contribution in [1.82, 2.24) is 15.2 Å². The van der Waals surface area contributed by atoms with Gasteiger partial charge in [0.2, 0.25) is 0 Å². The van der Waals surface area contributed by atoms with E-state index in [0.717, 1.165) is 61.1 Å². The van der Waals surface area contributed by atoms with Gasteiger partial charge in [0, 0.05) is 24.0 Å². The molecule has 1 aromatic carbocycles. The molecule has 7 heteroatoms. The van der Waals surface area contributed by atoms with E-state index in [0.29, 0.717) is 30.7 Å². The summed E-state index contributed by atoms with van der Waals surface area (Å²) >= 11 is 1.50. The van der Waals surface area contributed by atoms with Gasteiger partial charge in [-0.2, -0.15) is 0 Å². The summed E-state index contributed by atoms with van der Waals surface area (Å²) in [7, 11) is 0. The summed E-state index contributed by atoms with van der Waals surface area (Å²) in [6.07, 6.45) is 2.17. The molecule has 1 N–H and O–H groups in total. The monoisotopic (exact) mass is 385 g/mol. The predicted molar refractivity (Wildman–Crippen MR) is 104 cm³/mol. The molecule has 3 aliphatic heterocycles. The number of nitrogens with zero attached hydrogens (tertiary/aromatic N) is 2. The van der Waals surface area contributed by atoms with Gasteiger partial charge in [-0.3, -0.25) is 4.79 Å². The topological polar surface area (TPSA) is 63.7 Å². The SMILES string of the molecule is O=C(c1csc(-c2ccc3c(c2)OCCO3)n1)N1CC[C@@H]2CNC[C@@H]2CC1. The molecule has 27 heavy (non-hydrogen) atoms. The Morgan fingerprint density at radius 2 is 1.85 bits per heavy atom. The second-order valence-corrected chi connectivity index (χ2v) is 8.30. The summed E-state index contributed by atoms with van der Waals surface area (Å²) in [5.41, 5.74) is 1.51. The molecule has 2 aromatic rings. The van der Waals surface area contributed by atoms with E-state index in [1.165, 1.54) is 11.3 Å². The number of benzene rings is 1. The van der Waals surface area contributed by atoms with Crippen LogP contribution in [0, 0.1) is 11.8 Å². The van der Waals surface area contributed by atoms with Crippen molar-refractivity contribution < 1.29 is 14.3 Å². The first-order valence-electron chi connectivity index (χ1n) is 9.63. The smallest absolute Gasteiger partial charge is 0.273 e. The van der Waals surface area contributed by atoms with Crippen LogP contribution in [0.2, 0.25) is 0 Å². The minimum Gasteiger partial charge on any atom is -0.486 e. The minimum absolute atomic E-state index is 0.0583. The standard InChI is InChI=1S/C20H23N3O3S/c24-20(23-5-3-14-10-21-11-15(14)4-6-23)16-12-27-19(22-16)13-1-2-17-18(9-13)26-8-7-25-17/h1-2,9,12,14-15,21H,3-8,10-11H2/t14-,15+. The highest BCUT2D eigenvalue weighted by Gasteiger charge is 2.32. The van der Waals surface area contributed by atoms with Crippen LogP contribution < -0.4 is 14.8 Å². The molecule has 0 saturated carbocycles. The van der Waals surface area contributed by atoms with Crippen LogP contribution in [0.15, 0.2) is 23.6 Å².